The summed E-state index contributed by atoms with van der Waals surface area (Å²) in [6.07, 6.45) is 8.82. The van der Waals surface area contributed by atoms with E-state index in [1.165, 1.54) is 49.5 Å². The highest BCUT2D eigenvalue weighted by molar-refractivity contribution is 6.31. The topological polar surface area (TPSA) is 41.1 Å². The number of anilines is 1. The van der Waals surface area contributed by atoms with Gasteiger partial charge in [-0.05, 0) is 56.8 Å². The molecule has 0 spiro atoms. The molecule has 0 fully saturated rings. The van der Waals surface area contributed by atoms with Crippen molar-refractivity contribution in [1.82, 2.24) is 5.32 Å². The lowest BCUT2D eigenvalue weighted by atomic mass is 9.97. The lowest BCUT2D eigenvalue weighted by molar-refractivity contribution is -0.116. The van der Waals surface area contributed by atoms with E-state index in [1.54, 1.807) is 0 Å². The van der Waals surface area contributed by atoms with Gasteiger partial charge in [0.2, 0.25) is 5.91 Å². The minimum absolute atomic E-state index is 0.0108. The summed E-state index contributed by atoms with van der Waals surface area (Å²) in [7, 11) is 0. The van der Waals surface area contributed by atoms with Crippen LogP contribution in [0, 0.1) is 5.82 Å². The Kier molecular flexibility index (Phi) is 6.87. The third-order valence-electron chi connectivity index (χ3n) is 3.74. The van der Waals surface area contributed by atoms with Gasteiger partial charge in [-0.15, -0.1) is 0 Å². The number of carbonyl (C=O) groups excluding carboxylic acids is 1. The van der Waals surface area contributed by atoms with Crippen LogP contribution in [0.2, 0.25) is 5.02 Å². The Labute approximate surface area is 135 Å². The van der Waals surface area contributed by atoms with Crippen molar-refractivity contribution in [2.24, 2.45) is 0 Å². The van der Waals surface area contributed by atoms with Crippen LogP contribution in [0.5, 0.6) is 0 Å². The number of halogens is 2. The van der Waals surface area contributed by atoms with Gasteiger partial charge >= 0.3 is 0 Å². The monoisotopic (exact) mass is 324 g/mol. The van der Waals surface area contributed by atoms with Gasteiger partial charge in [-0.2, -0.15) is 0 Å². The first kappa shape index (κ1) is 17.0. The Morgan fingerprint density at radius 2 is 2.14 bits per heavy atom. The van der Waals surface area contributed by atoms with Gasteiger partial charge in [-0.1, -0.05) is 23.3 Å². The average molecular weight is 325 g/mol. The molecule has 2 N–H and O–H groups in total. The maximum absolute atomic E-state index is 13.0. The molecule has 1 aliphatic rings. The summed E-state index contributed by atoms with van der Waals surface area (Å²) in [6.45, 7) is 1.54. The predicted molar refractivity (Wildman–Crippen MR) is 88.7 cm³/mol. The van der Waals surface area contributed by atoms with Gasteiger partial charge in [-0.25, -0.2) is 4.39 Å². The van der Waals surface area contributed by atoms with Gasteiger partial charge < -0.3 is 10.6 Å². The van der Waals surface area contributed by atoms with Crippen molar-refractivity contribution in [3.63, 3.8) is 0 Å². The number of rotatable bonds is 7. The highest BCUT2D eigenvalue weighted by Gasteiger charge is 2.06. The summed E-state index contributed by atoms with van der Waals surface area (Å²) in [5.74, 6) is -0.592. The Morgan fingerprint density at radius 1 is 1.27 bits per heavy atom. The van der Waals surface area contributed by atoms with Gasteiger partial charge in [0.1, 0.15) is 5.82 Å². The number of hydrogen-bond acceptors (Lipinski definition) is 2. The number of benzene rings is 1. The molecule has 1 amide bonds. The minimum atomic E-state index is -0.488. The maximum Gasteiger partial charge on any atom is 0.225 e. The first-order chi connectivity index (χ1) is 10.6. The van der Waals surface area contributed by atoms with Crippen LogP contribution in [0.3, 0.4) is 0 Å². The van der Waals surface area contributed by atoms with Crippen molar-refractivity contribution in [2.45, 2.75) is 38.5 Å². The first-order valence-electron chi connectivity index (χ1n) is 7.78. The lowest BCUT2D eigenvalue weighted by Crippen LogP contribution is -2.23. The van der Waals surface area contributed by atoms with E-state index in [0.717, 1.165) is 13.0 Å². The second-order valence-electron chi connectivity index (χ2n) is 5.54. The smallest absolute Gasteiger partial charge is 0.225 e. The molecule has 3 nitrogen and oxygen atoms in total. The Morgan fingerprint density at radius 3 is 2.86 bits per heavy atom. The molecular formula is C17H22ClFN2O. The van der Waals surface area contributed by atoms with Crippen molar-refractivity contribution in [3.05, 3.63) is 40.7 Å². The molecule has 0 bridgehead atoms. The van der Waals surface area contributed by atoms with E-state index in [2.05, 4.69) is 16.7 Å². The van der Waals surface area contributed by atoms with Crippen LogP contribution in [-0.4, -0.2) is 19.0 Å². The highest BCUT2D eigenvalue weighted by Crippen LogP contribution is 2.20. The van der Waals surface area contributed by atoms with Gasteiger partial charge in [-0.3, -0.25) is 4.79 Å². The van der Waals surface area contributed by atoms with Crippen LogP contribution in [0.15, 0.2) is 29.8 Å². The standard InChI is InChI=1S/C17H22ClFN2O/c18-15-12-14(6-7-16(15)19)21-17(22)9-11-20-10-8-13-4-2-1-3-5-13/h4,6-7,12,20H,1-3,5,8-11H2,(H,21,22). The molecule has 0 aliphatic heterocycles. The van der Waals surface area contributed by atoms with Gasteiger partial charge in [0.15, 0.2) is 0 Å². The van der Waals surface area contributed by atoms with E-state index in [0.29, 0.717) is 18.7 Å². The molecule has 22 heavy (non-hydrogen) atoms. The third-order valence-corrected chi connectivity index (χ3v) is 4.03. The van der Waals surface area contributed by atoms with Crippen LogP contribution in [0.25, 0.3) is 0 Å². The largest absolute Gasteiger partial charge is 0.326 e. The van der Waals surface area contributed by atoms with Gasteiger partial charge in [0.05, 0.1) is 5.02 Å². The third kappa shape index (κ3) is 5.78. The molecule has 5 heteroatoms. The molecule has 0 heterocycles. The number of amides is 1. The zero-order valence-corrected chi connectivity index (χ0v) is 13.4. The molecule has 1 aromatic carbocycles. The van der Waals surface area contributed by atoms with E-state index >= 15 is 0 Å². The molecule has 1 aromatic rings. The van der Waals surface area contributed by atoms with E-state index < -0.39 is 5.82 Å². The summed E-state index contributed by atoms with van der Waals surface area (Å²) in [6, 6.07) is 4.16. The summed E-state index contributed by atoms with van der Waals surface area (Å²) >= 11 is 5.67. The van der Waals surface area contributed by atoms with E-state index in [9.17, 15) is 9.18 Å². The normalized spacial score (nSPS) is 14.5. The summed E-state index contributed by atoms with van der Waals surface area (Å²) in [4.78, 5) is 11.8. The molecule has 0 radical (unpaired) electrons. The quantitative estimate of drug-likeness (QED) is 0.580. The Hall–Kier alpha value is -1.39. The van der Waals surface area contributed by atoms with Crippen LogP contribution in [-0.2, 0) is 4.79 Å². The number of allylic oxidation sites excluding steroid dienone is 1. The molecule has 1 aliphatic carbocycles. The van der Waals surface area contributed by atoms with E-state index in [4.69, 9.17) is 11.6 Å². The van der Waals surface area contributed by atoms with Crippen LogP contribution >= 0.6 is 11.6 Å². The van der Waals surface area contributed by atoms with Gasteiger partial charge in [0.25, 0.3) is 0 Å². The number of hydrogen-bond donors (Lipinski definition) is 2. The lowest BCUT2D eigenvalue weighted by Gasteiger charge is -2.13. The van der Waals surface area contributed by atoms with Gasteiger partial charge in [0, 0.05) is 18.7 Å². The average Bonchev–Trinajstić information content (AvgIpc) is 2.52. The molecule has 0 unspecified atom stereocenters. The van der Waals surface area contributed by atoms with Crippen molar-refractivity contribution < 1.29 is 9.18 Å². The molecule has 0 aromatic heterocycles. The van der Waals surface area contributed by atoms with Crippen molar-refractivity contribution in [3.8, 4) is 0 Å². The van der Waals surface area contributed by atoms with Crippen molar-refractivity contribution in [1.29, 1.82) is 0 Å². The van der Waals surface area contributed by atoms with E-state index in [-0.39, 0.29) is 10.9 Å². The molecule has 0 atom stereocenters. The number of nitrogens with one attached hydrogen (secondary N) is 2. The van der Waals surface area contributed by atoms with Crippen LogP contribution in [0.4, 0.5) is 10.1 Å². The van der Waals surface area contributed by atoms with Crippen molar-refractivity contribution in [2.75, 3.05) is 18.4 Å². The molecule has 0 saturated carbocycles. The minimum Gasteiger partial charge on any atom is -0.326 e. The second kappa shape index (κ2) is 8.91. The fraction of sp³-hybridized carbons (Fsp3) is 0.471. The fourth-order valence-electron chi connectivity index (χ4n) is 2.50. The zero-order valence-electron chi connectivity index (χ0n) is 12.6. The van der Waals surface area contributed by atoms with Crippen LogP contribution < -0.4 is 10.6 Å². The number of carbonyl (C=O) groups is 1. The SMILES string of the molecule is O=C(CCNCCC1=CCCCC1)Nc1ccc(F)c(Cl)c1. The summed E-state index contributed by atoms with van der Waals surface area (Å²) in [5, 5.41) is 6.00. The van der Waals surface area contributed by atoms with Crippen molar-refractivity contribution >= 4 is 23.2 Å². The van der Waals surface area contributed by atoms with Crippen LogP contribution in [0.1, 0.15) is 38.5 Å². The fourth-order valence-corrected chi connectivity index (χ4v) is 2.69. The predicted octanol–water partition coefficient (Wildman–Crippen LogP) is 4.29. The summed E-state index contributed by atoms with van der Waals surface area (Å²) < 4.78 is 13.0. The van der Waals surface area contributed by atoms with E-state index in [1.807, 2.05) is 0 Å². The zero-order chi connectivity index (χ0) is 15.8. The Balaban J connectivity index is 1.61. The first-order valence-corrected chi connectivity index (χ1v) is 8.16. The second-order valence-corrected chi connectivity index (χ2v) is 5.94. The molecular weight excluding hydrogens is 303 g/mol. The maximum atomic E-state index is 13.0. The highest BCUT2D eigenvalue weighted by atomic mass is 35.5. The summed E-state index contributed by atoms with van der Waals surface area (Å²) in [5.41, 5.74) is 2.05. The molecule has 120 valence electrons. The molecule has 0 saturated heterocycles. The Bertz CT molecular complexity index is 545. The molecule has 2 rings (SSSR count).